The van der Waals surface area contributed by atoms with E-state index in [1.807, 2.05) is 0 Å². The van der Waals surface area contributed by atoms with E-state index < -0.39 is 16.0 Å². The van der Waals surface area contributed by atoms with E-state index in [4.69, 9.17) is 11.6 Å². The van der Waals surface area contributed by atoms with Gasteiger partial charge in [0.25, 0.3) is 0 Å². The number of benzene rings is 1. The van der Waals surface area contributed by atoms with Gasteiger partial charge in [0.2, 0.25) is 10.0 Å². The van der Waals surface area contributed by atoms with Crippen LogP contribution < -0.4 is 4.72 Å². The molecule has 0 atom stereocenters. The van der Waals surface area contributed by atoms with Crippen LogP contribution in [0.5, 0.6) is 0 Å². The maximum Gasteiger partial charge on any atom is 0.339 e. The van der Waals surface area contributed by atoms with Crippen LogP contribution in [0.1, 0.15) is 15.9 Å². The lowest BCUT2D eigenvalue weighted by molar-refractivity contribution is 0.0596. The van der Waals surface area contributed by atoms with Crippen molar-refractivity contribution in [3.8, 4) is 0 Å². The molecule has 1 aromatic carbocycles. The maximum atomic E-state index is 11.6. The summed E-state index contributed by atoms with van der Waals surface area (Å²) in [5, 5.41) is 0.304. The summed E-state index contributed by atoms with van der Waals surface area (Å²) in [6.45, 7) is 0.141. The number of sulfonamides is 1. The minimum absolute atomic E-state index is 0.0324. The van der Waals surface area contributed by atoms with Gasteiger partial charge in [0.15, 0.2) is 0 Å². The van der Waals surface area contributed by atoms with Crippen molar-refractivity contribution in [3.63, 3.8) is 0 Å². The van der Waals surface area contributed by atoms with Crippen molar-refractivity contribution in [2.45, 2.75) is 11.4 Å². The van der Waals surface area contributed by atoms with Gasteiger partial charge in [0.05, 0.1) is 12.7 Å². The molecular weight excluding hydrogens is 254 g/mol. The summed E-state index contributed by atoms with van der Waals surface area (Å²) in [6, 6.07) is 2.80. The predicted octanol–water partition coefficient (Wildman–Crippen LogP) is 0.919. The summed E-state index contributed by atoms with van der Waals surface area (Å²) in [5.74, 6) is -0.717. The Kier molecular flexibility index (Phi) is 2.65. The van der Waals surface area contributed by atoms with Crippen LogP contribution in [-0.2, 0) is 21.3 Å². The van der Waals surface area contributed by atoms with Crippen LogP contribution in [0.3, 0.4) is 0 Å². The highest BCUT2D eigenvalue weighted by atomic mass is 35.5. The Bertz CT molecular complexity index is 567. The highest BCUT2D eigenvalue weighted by molar-refractivity contribution is 7.89. The predicted molar refractivity (Wildman–Crippen MR) is 56.8 cm³/mol. The number of fused-ring (bicyclic) bond motifs is 1. The van der Waals surface area contributed by atoms with Gasteiger partial charge < -0.3 is 4.74 Å². The van der Waals surface area contributed by atoms with E-state index >= 15 is 0 Å². The Morgan fingerprint density at radius 1 is 1.50 bits per heavy atom. The standard InChI is InChI=1S/C9H8ClNO4S/c1-15-9(12)7-3-6(10)2-5-4-11-16(13,14)8(5)7/h2-3,11H,4H2,1H3. The minimum atomic E-state index is -3.62. The van der Waals surface area contributed by atoms with Gasteiger partial charge in [-0.1, -0.05) is 11.6 Å². The lowest BCUT2D eigenvalue weighted by Crippen LogP contribution is -2.16. The SMILES string of the molecule is COC(=O)c1cc(Cl)cc2c1S(=O)(=O)NC2. The van der Waals surface area contributed by atoms with E-state index in [0.717, 1.165) is 0 Å². The molecule has 7 heteroatoms. The molecule has 2 rings (SSSR count). The van der Waals surface area contributed by atoms with Crippen molar-refractivity contribution in [1.82, 2.24) is 4.72 Å². The third-order valence-electron chi connectivity index (χ3n) is 2.26. The van der Waals surface area contributed by atoms with Gasteiger partial charge in [0.1, 0.15) is 4.90 Å². The largest absolute Gasteiger partial charge is 0.465 e. The van der Waals surface area contributed by atoms with E-state index in [0.29, 0.717) is 10.6 Å². The topological polar surface area (TPSA) is 72.5 Å². The first-order chi connectivity index (χ1) is 7.45. The Labute approximate surface area is 97.4 Å². The first-order valence-corrected chi connectivity index (χ1v) is 6.22. The van der Waals surface area contributed by atoms with Crippen molar-refractivity contribution in [2.24, 2.45) is 0 Å². The Hall–Kier alpha value is -1.11. The molecule has 0 fully saturated rings. The number of carbonyl (C=O) groups is 1. The van der Waals surface area contributed by atoms with E-state index in [-0.39, 0.29) is 17.0 Å². The molecule has 16 heavy (non-hydrogen) atoms. The molecule has 0 bridgehead atoms. The van der Waals surface area contributed by atoms with Gasteiger partial charge in [-0.2, -0.15) is 0 Å². The summed E-state index contributed by atoms with van der Waals surface area (Å²) in [4.78, 5) is 11.4. The molecule has 1 aliphatic heterocycles. The number of rotatable bonds is 1. The van der Waals surface area contributed by atoms with E-state index in [1.54, 1.807) is 0 Å². The minimum Gasteiger partial charge on any atom is -0.465 e. The van der Waals surface area contributed by atoms with E-state index in [2.05, 4.69) is 9.46 Å². The van der Waals surface area contributed by atoms with Crippen molar-refractivity contribution in [1.29, 1.82) is 0 Å². The van der Waals surface area contributed by atoms with Crippen LogP contribution in [0.4, 0.5) is 0 Å². The summed E-state index contributed by atoms with van der Waals surface area (Å²) in [6.07, 6.45) is 0. The number of nitrogens with one attached hydrogen (secondary N) is 1. The number of esters is 1. The first kappa shape index (κ1) is 11.4. The van der Waals surface area contributed by atoms with Gasteiger partial charge in [-0.25, -0.2) is 17.9 Å². The number of carbonyl (C=O) groups excluding carboxylic acids is 1. The quantitative estimate of drug-likeness (QED) is 0.763. The number of hydrogen-bond acceptors (Lipinski definition) is 4. The normalized spacial score (nSPS) is 16.9. The van der Waals surface area contributed by atoms with Crippen LogP contribution >= 0.6 is 11.6 Å². The molecule has 1 aliphatic rings. The van der Waals surface area contributed by atoms with Crippen molar-refractivity contribution in [2.75, 3.05) is 7.11 Å². The van der Waals surface area contributed by atoms with Gasteiger partial charge in [-0.05, 0) is 17.7 Å². The van der Waals surface area contributed by atoms with Gasteiger partial charge in [-0.3, -0.25) is 0 Å². The zero-order valence-electron chi connectivity index (χ0n) is 8.28. The fourth-order valence-electron chi connectivity index (χ4n) is 1.61. The van der Waals surface area contributed by atoms with E-state index in [9.17, 15) is 13.2 Å². The molecule has 0 spiro atoms. The maximum absolute atomic E-state index is 11.6. The second-order valence-electron chi connectivity index (χ2n) is 3.26. The Morgan fingerprint density at radius 2 is 2.19 bits per heavy atom. The molecule has 0 aromatic heterocycles. The molecule has 0 unspecified atom stereocenters. The third-order valence-corrected chi connectivity index (χ3v) is 4.02. The third kappa shape index (κ3) is 1.68. The Morgan fingerprint density at radius 3 is 2.81 bits per heavy atom. The first-order valence-electron chi connectivity index (χ1n) is 4.36. The van der Waals surface area contributed by atoms with Crippen LogP contribution in [0.2, 0.25) is 5.02 Å². The molecule has 0 amide bonds. The second kappa shape index (κ2) is 3.73. The molecule has 0 saturated carbocycles. The van der Waals surface area contributed by atoms with Gasteiger partial charge in [-0.15, -0.1) is 0 Å². The summed E-state index contributed by atoms with van der Waals surface area (Å²) in [5.41, 5.74) is 0.447. The van der Waals surface area contributed by atoms with Gasteiger partial charge >= 0.3 is 5.97 Å². The number of methoxy groups -OCH3 is 1. The number of ether oxygens (including phenoxy) is 1. The summed E-state index contributed by atoms with van der Waals surface area (Å²) in [7, 11) is -2.43. The van der Waals surface area contributed by atoms with Crippen LogP contribution in [0, 0.1) is 0 Å². The lowest BCUT2D eigenvalue weighted by Gasteiger charge is -2.05. The fraction of sp³-hybridized carbons (Fsp3) is 0.222. The summed E-state index contributed by atoms with van der Waals surface area (Å²) < 4.78 is 30.1. The molecule has 86 valence electrons. The number of halogens is 1. The van der Waals surface area contributed by atoms with Crippen molar-refractivity contribution >= 4 is 27.6 Å². The monoisotopic (exact) mass is 261 g/mol. The number of hydrogen-bond donors (Lipinski definition) is 1. The average Bonchev–Trinajstić information content (AvgIpc) is 2.52. The van der Waals surface area contributed by atoms with Crippen molar-refractivity contribution < 1.29 is 17.9 Å². The summed E-state index contributed by atoms with van der Waals surface area (Å²) >= 11 is 5.79. The highest BCUT2D eigenvalue weighted by Crippen LogP contribution is 2.30. The van der Waals surface area contributed by atoms with Crippen LogP contribution in [0.15, 0.2) is 17.0 Å². The molecule has 5 nitrogen and oxygen atoms in total. The smallest absolute Gasteiger partial charge is 0.339 e. The molecule has 1 N–H and O–H groups in total. The molecular formula is C9H8ClNO4S. The van der Waals surface area contributed by atoms with Gasteiger partial charge in [0, 0.05) is 11.6 Å². The molecule has 1 heterocycles. The van der Waals surface area contributed by atoms with Crippen molar-refractivity contribution in [3.05, 3.63) is 28.3 Å². The molecule has 0 aliphatic carbocycles. The van der Waals surface area contributed by atoms with Crippen LogP contribution in [-0.4, -0.2) is 21.5 Å². The molecule has 1 aromatic rings. The lowest BCUT2D eigenvalue weighted by atomic mass is 10.1. The highest BCUT2D eigenvalue weighted by Gasteiger charge is 2.32. The second-order valence-corrected chi connectivity index (χ2v) is 5.40. The van der Waals surface area contributed by atoms with E-state index in [1.165, 1.54) is 19.2 Å². The van der Waals surface area contributed by atoms with Crippen LogP contribution in [0.25, 0.3) is 0 Å². The fourth-order valence-corrected chi connectivity index (χ4v) is 3.24. The molecule has 0 radical (unpaired) electrons. The zero-order chi connectivity index (χ0) is 11.9. The Balaban J connectivity index is 2.75. The zero-order valence-corrected chi connectivity index (χ0v) is 9.85. The average molecular weight is 262 g/mol. The molecule has 0 saturated heterocycles.